The van der Waals surface area contributed by atoms with Crippen molar-refractivity contribution in [1.29, 1.82) is 0 Å². The Kier molecular flexibility index (Phi) is 9.06. The number of hydrogen-bond donors (Lipinski definition) is 2. The van der Waals surface area contributed by atoms with Crippen molar-refractivity contribution in [1.82, 2.24) is 5.32 Å². The molecule has 0 fully saturated rings. The van der Waals surface area contributed by atoms with E-state index in [1.54, 1.807) is 0 Å². The lowest BCUT2D eigenvalue weighted by Gasteiger charge is -2.31. The van der Waals surface area contributed by atoms with Crippen LogP contribution in [0.2, 0.25) is 0 Å². The van der Waals surface area contributed by atoms with Crippen molar-refractivity contribution in [3.8, 4) is 5.75 Å². The fourth-order valence-electron chi connectivity index (χ4n) is 2.36. The normalized spacial score (nSPS) is 13.9. The van der Waals surface area contributed by atoms with Crippen molar-refractivity contribution in [3.05, 3.63) is 30.3 Å². The quantitative estimate of drug-likeness (QED) is 0.582. The number of likely N-dealkylation sites (N-methyl/N-ethyl adjacent to an activating group) is 1. The first-order valence-electron chi connectivity index (χ1n) is 7.88. The Labute approximate surface area is 128 Å². The molecular formula is C17H29NO3. The summed E-state index contributed by atoms with van der Waals surface area (Å²) in [5.74, 6) is 0.874. The molecule has 1 atom stereocenters. The highest BCUT2D eigenvalue weighted by molar-refractivity contribution is 5.20. The van der Waals surface area contributed by atoms with E-state index in [0.717, 1.165) is 31.6 Å². The molecule has 4 heteroatoms. The lowest BCUT2D eigenvalue weighted by molar-refractivity contribution is 0.0833. The van der Waals surface area contributed by atoms with Crippen LogP contribution < -0.4 is 10.1 Å². The lowest BCUT2D eigenvalue weighted by atomic mass is 9.91. The van der Waals surface area contributed by atoms with Gasteiger partial charge in [-0.2, -0.15) is 0 Å². The maximum atomic E-state index is 9.55. The van der Waals surface area contributed by atoms with Crippen LogP contribution in [-0.4, -0.2) is 43.6 Å². The van der Waals surface area contributed by atoms with E-state index in [4.69, 9.17) is 9.47 Å². The molecule has 0 aliphatic carbocycles. The van der Waals surface area contributed by atoms with Gasteiger partial charge in [-0.05, 0) is 37.9 Å². The molecule has 120 valence electrons. The molecule has 4 nitrogen and oxygen atoms in total. The summed E-state index contributed by atoms with van der Waals surface area (Å²) in [5, 5.41) is 12.9. The predicted octanol–water partition coefficient (Wildman–Crippen LogP) is 2.61. The molecule has 0 radical (unpaired) electrons. The maximum absolute atomic E-state index is 9.55. The van der Waals surface area contributed by atoms with E-state index in [-0.39, 0.29) is 12.1 Å². The molecule has 0 saturated heterocycles. The average Bonchev–Trinajstić information content (AvgIpc) is 2.54. The van der Waals surface area contributed by atoms with Gasteiger partial charge in [-0.1, -0.05) is 32.0 Å². The van der Waals surface area contributed by atoms with E-state index in [9.17, 15) is 5.11 Å². The van der Waals surface area contributed by atoms with Gasteiger partial charge in [-0.3, -0.25) is 0 Å². The third-order valence-corrected chi connectivity index (χ3v) is 3.71. The van der Waals surface area contributed by atoms with Gasteiger partial charge < -0.3 is 19.9 Å². The smallest absolute Gasteiger partial charge is 0.119 e. The van der Waals surface area contributed by atoms with Crippen molar-refractivity contribution < 1.29 is 14.6 Å². The largest absolute Gasteiger partial charge is 0.491 e. The van der Waals surface area contributed by atoms with Gasteiger partial charge in [0.1, 0.15) is 12.4 Å². The summed E-state index contributed by atoms with van der Waals surface area (Å²) in [7, 11) is 0. The molecule has 0 aliphatic rings. The Bertz CT molecular complexity index is 352. The Balaban J connectivity index is 2.08. The summed E-state index contributed by atoms with van der Waals surface area (Å²) in [5.41, 5.74) is -0.154. The van der Waals surface area contributed by atoms with E-state index >= 15 is 0 Å². The fraction of sp³-hybridized carbons (Fsp3) is 0.647. The minimum absolute atomic E-state index is 0.154. The van der Waals surface area contributed by atoms with Crippen molar-refractivity contribution in [2.24, 2.45) is 0 Å². The average molecular weight is 295 g/mol. The molecule has 0 aromatic heterocycles. The number of rotatable bonds is 12. The van der Waals surface area contributed by atoms with Crippen LogP contribution in [0.15, 0.2) is 30.3 Å². The summed E-state index contributed by atoms with van der Waals surface area (Å²) in [6, 6.07) is 9.75. The Morgan fingerprint density at radius 2 is 1.86 bits per heavy atom. The van der Waals surface area contributed by atoms with Crippen LogP contribution in [0.3, 0.4) is 0 Å². The Hall–Kier alpha value is -1.10. The molecule has 1 rings (SSSR count). The molecule has 1 unspecified atom stereocenters. The van der Waals surface area contributed by atoms with Gasteiger partial charge in [0.15, 0.2) is 0 Å². The zero-order valence-electron chi connectivity index (χ0n) is 13.3. The number of hydrogen-bond acceptors (Lipinski definition) is 4. The first-order chi connectivity index (χ1) is 10.3. The standard InChI is InChI=1S/C17H29NO3/c1-3-17(15-19,18-4-2)11-8-12-20-13-14-21-16-9-6-5-7-10-16/h5-7,9-10,18-19H,3-4,8,11-15H2,1-2H3. The van der Waals surface area contributed by atoms with E-state index < -0.39 is 0 Å². The zero-order valence-corrected chi connectivity index (χ0v) is 13.3. The molecule has 1 aromatic carbocycles. The van der Waals surface area contributed by atoms with Gasteiger partial charge >= 0.3 is 0 Å². The predicted molar refractivity (Wildman–Crippen MR) is 85.8 cm³/mol. The van der Waals surface area contributed by atoms with Crippen LogP contribution >= 0.6 is 0 Å². The minimum atomic E-state index is -0.154. The van der Waals surface area contributed by atoms with Crippen molar-refractivity contribution in [2.75, 3.05) is 33.0 Å². The second-order valence-electron chi connectivity index (χ2n) is 5.20. The molecule has 1 aromatic rings. The molecule has 0 spiro atoms. The topological polar surface area (TPSA) is 50.7 Å². The molecule has 0 heterocycles. The molecule has 21 heavy (non-hydrogen) atoms. The minimum Gasteiger partial charge on any atom is -0.491 e. The van der Waals surface area contributed by atoms with Gasteiger partial charge in [-0.25, -0.2) is 0 Å². The van der Waals surface area contributed by atoms with E-state index in [2.05, 4.69) is 19.2 Å². The highest BCUT2D eigenvalue weighted by Crippen LogP contribution is 2.16. The highest BCUT2D eigenvalue weighted by Gasteiger charge is 2.25. The van der Waals surface area contributed by atoms with Gasteiger partial charge in [0.25, 0.3) is 0 Å². The second-order valence-corrected chi connectivity index (χ2v) is 5.20. The summed E-state index contributed by atoms with van der Waals surface area (Å²) in [4.78, 5) is 0. The Morgan fingerprint density at radius 3 is 2.48 bits per heavy atom. The number of aliphatic hydroxyl groups is 1. The van der Waals surface area contributed by atoms with E-state index in [0.29, 0.717) is 19.8 Å². The van der Waals surface area contributed by atoms with Crippen molar-refractivity contribution in [2.45, 2.75) is 38.6 Å². The number of aliphatic hydroxyl groups excluding tert-OH is 1. The molecular weight excluding hydrogens is 266 g/mol. The van der Waals surface area contributed by atoms with Crippen LogP contribution in [-0.2, 0) is 4.74 Å². The molecule has 0 bridgehead atoms. The summed E-state index contributed by atoms with van der Waals surface area (Å²) < 4.78 is 11.1. The highest BCUT2D eigenvalue weighted by atomic mass is 16.5. The molecule has 0 aliphatic heterocycles. The van der Waals surface area contributed by atoms with Gasteiger partial charge in [0.05, 0.1) is 13.2 Å². The summed E-state index contributed by atoms with van der Waals surface area (Å²) in [6.45, 7) is 7.08. The molecule has 0 amide bonds. The first-order valence-corrected chi connectivity index (χ1v) is 7.88. The van der Waals surface area contributed by atoms with Crippen LogP contribution in [0.25, 0.3) is 0 Å². The lowest BCUT2D eigenvalue weighted by Crippen LogP contribution is -2.48. The van der Waals surface area contributed by atoms with Crippen molar-refractivity contribution in [3.63, 3.8) is 0 Å². The van der Waals surface area contributed by atoms with Gasteiger partial charge in [0, 0.05) is 12.1 Å². The van der Waals surface area contributed by atoms with Crippen LogP contribution in [0.1, 0.15) is 33.1 Å². The van der Waals surface area contributed by atoms with Gasteiger partial charge in [0.2, 0.25) is 0 Å². The first kappa shape index (κ1) is 18.0. The number of para-hydroxylation sites is 1. The summed E-state index contributed by atoms with van der Waals surface area (Å²) in [6.07, 6.45) is 2.79. The third kappa shape index (κ3) is 6.93. The van der Waals surface area contributed by atoms with Crippen LogP contribution in [0.5, 0.6) is 5.75 Å². The summed E-state index contributed by atoms with van der Waals surface area (Å²) >= 11 is 0. The molecule has 0 saturated carbocycles. The fourth-order valence-corrected chi connectivity index (χ4v) is 2.36. The van der Waals surface area contributed by atoms with Crippen LogP contribution in [0.4, 0.5) is 0 Å². The monoisotopic (exact) mass is 295 g/mol. The Morgan fingerprint density at radius 1 is 1.10 bits per heavy atom. The SMILES string of the molecule is CCNC(CC)(CO)CCCOCCOc1ccccc1. The van der Waals surface area contributed by atoms with E-state index in [1.807, 2.05) is 30.3 Å². The number of nitrogens with one attached hydrogen (secondary N) is 1. The second kappa shape index (κ2) is 10.6. The molecule has 2 N–H and O–H groups in total. The van der Waals surface area contributed by atoms with Crippen LogP contribution in [0, 0.1) is 0 Å². The number of ether oxygens (including phenoxy) is 2. The van der Waals surface area contributed by atoms with E-state index in [1.165, 1.54) is 0 Å². The maximum Gasteiger partial charge on any atom is 0.119 e. The number of benzene rings is 1. The third-order valence-electron chi connectivity index (χ3n) is 3.71. The van der Waals surface area contributed by atoms with Crippen molar-refractivity contribution >= 4 is 0 Å². The zero-order chi connectivity index (χ0) is 15.4. The van der Waals surface area contributed by atoms with Gasteiger partial charge in [-0.15, -0.1) is 0 Å².